The van der Waals surface area contributed by atoms with Crippen LogP contribution in [0.4, 0.5) is 0 Å². The van der Waals surface area contributed by atoms with Gasteiger partial charge in [-0.15, -0.1) is 11.3 Å². The summed E-state index contributed by atoms with van der Waals surface area (Å²) < 4.78 is 0. The summed E-state index contributed by atoms with van der Waals surface area (Å²) in [6.45, 7) is 5.63. The summed E-state index contributed by atoms with van der Waals surface area (Å²) >= 11 is 1.71. The van der Waals surface area contributed by atoms with Crippen molar-refractivity contribution in [3.8, 4) is 10.4 Å². The van der Waals surface area contributed by atoms with Gasteiger partial charge in [0, 0.05) is 35.1 Å². The molecule has 1 saturated heterocycles. The molecule has 0 bridgehead atoms. The van der Waals surface area contributed by atoms with Crippen LogP contribution in [0.3, 0.4) is 0 Å². The quantitative estimate of drug-likeness (QED) is 0.939. The van der Waals surface area contributed by atoms with Crippen molar-refractivity contribution in [1.29, 1.82) is 0 Å². The predicted octanol–water partition coefficient (Wildman–Crippen LogP) is 3.45. The standard InChI is InChI=1S/C19H22N2OS/c1-11-6-17(23-10-11)18-12(2)4-3-5-14(18)19(22)21-9-13-7-15(13)16(21)8-20/h3-6,10,13,15-16H,7-9,20H2,1-2H3/t13-,15-,16-/m1/s1. The van der Waals surface area contributed by atoms with Gasteiger partial charge in [0.1, 0.15) is 0 Å². The summed E-state index contributed by atoms with van der Waals surface area (Å²) in [5, 5.41) is 2.14. The molecule has 2 fully saturated rings. The summed E-state index contributed by atoms with van der Waals surface area (Å²) in [7, 11) is 0. The Balaban J connectivity index is 1.74. The number of hydrogen-bond donors (Lipinski definition) is 1. The molecule has 0 radical (unpaired) electrons. The lowest BCUT2D eigenvalue weighted by atomic mass is 9.98. The van der Waals surface area contributed by atoms with E-state index in [1.54, 1.807) is 11.3 Å². The molecule has 4 heteroatoms. The Hall–Kier alpha value is -1.65. The second kappa shape index (κ2) is 5.46. The van der Waals surface area contributed by atoms with E-state index in [9.17, 15) is 4.79 Å². The highest BCUT2D eigenvalue weighted by molar-refractivity contribution is 7.13. The first-order valence-corrected chi connectivity index (χ1v) is 9.14. The number of amides is 1. The molecular formula is C19H22N2OS. The normalized spacial score (nSPS) is 25.5. The SMILES string of the molecule is Cc1csc(-c2c(C)cccc2C(=O)N2C[C@H]3C[C@H]3[C@H]2CN)c1. The molecule has 1 saturated carbocycles. The summed E-state index contributed by atoms with van der Waals surface area (Å²) in [5.41, 5.74) is 10.3. The highest BCUT2D eigenvalue weighted by Gasteiger charge is 2.53. The molecule has 4 rings (SSSR count). The maximum atomic E-state index is 13.2. The van der Waals surface area contributed by atoms with Crippen LogP contribution >= 0.6 is 11.3 Å². The molecular weight excluding hydrogens is 304 g/mol. The monoisotopic (exact) mass is 326 g/mol. The van der Waals surface area contributed by atoms with Crippen molar-refractivity contribution in [2.75, 3.05) is 13.1 Å². The number of likely N-dealkylation sites (tertiary alicyclic amines) is 1. The van der Waals surface area contributed by atoms with Crippen LogP contribution in [0, 0.1) is 25.7 Å². The van der Waals surface area contributed by atoms with Crippen LogP contribution in [-0.4, -0.2) is 29.9 Å². The molecule has 23 heavy (non-hydrogen) atoms. The summed E-state index contributed by atoms with van der Waals surface area (Å²) in [6, 6.07) is 8.44. The number of nitrogens with two attached hydrogens (primary N) is 1. The van der Waals surface area contributed by atoms with Gasteiger partial charge in [-0.05, 0) is 60.7 Å². The fraction of sp³-hybridized carbons (Fsp3) is 0.421. The third-order valence-electron chi connectivity index (χ3n) is 5.29. The van der Waals surface area contributed by atoms with Crippen LogP contribution in [-0.2, 0) is 0 Å². The van der Waals surface area contributed by atoms with Gasteiger partial charge in [0.25, 0.3) is 5.91 Å². The van der Waals surface area contributed by atoms with Crippen molar-refractivity contribution in [1.82, 2.24) is 4.90 Å². The van der Waals surface area contributed by atoms with Gasteiger partial charge in [-0.2, -0.15) is 0 Å². The molecule has 2 heterocycles. The zero-order valence-electron chi connectivity index (χ0n) is 13.6. The van der Waals surface area contributed by atoms with E-state index in [0.29, 0.717) is 18.4 Å². The van der Waals surface area contributed by atoms with Crippen molar-refractivity contribution in [3.63, 3.8) is 0 Å². The van der Waals surface area contributed by atoms with Crippen molar-refractivity contribution in [3.05, 3.63) is 46.3 Å². The maximum absolute atomic E-state index is 13.2. The van der Waals surface area contributed by atoms with Crippen molar-refractivity contribution in [2.24, 2.45) is 17.6 Å². The fourth-order valence-electron chi connectivity index (χ4n) is 4.00. The zero-order valence-corrected chi connectivity index (χ0v) is 14.4. The third kappa shape index (κ3) is 2.41. The number of aryl methyl sites for hydroxylation is 2. The number of nitrogens with zero attached hydrogens (tertiary/aromatic N) is 1. The first kappa shape index (κ1) is 14.9. The van der Waals surface area contributed by atoms with Crippen molar-refractivity contribution in [2.45, 2.75) is 26.3 Å². The van der Waals surface area contributed by atoms with E-state index in [0.717, 1.165) is 23.2 Å². The topological polar surface area (TPSA) is 46.3 Å². The molecule has 0 unspecified atom stereocenters. The van der Waals surface area contributed by atoms with E-state index >= 15 is 0 Å². The fourth-order valence-corrected chi connectivity index (χ4v) is 5.02. The van der Waals surface area contributed by atoms with Gasteiger partial charge in [0.15, 0.2) is 0 Å². The Kier molecular flexibility index (Phi) is 3.54. The number of thiophene rings is 1. The molecule has 1 aliphatic carbocycles. The third-order valence-corrected chi connectivity index (χ3v) is 6.35. The highest BCUT2D eigenvalue weighted by Crippen LogP contribution is 2.49. The molecule has 1 aromatic carbocycles. The molecule has 0 spiro atoms. The molecule has 2 aromatic rings. The van der Waals surface area contributed by atoms with E-state index in [4.69, 9.17) is 5.73 Å². The van der Waals surface area contributed by atoms with Gasteiger partial charge in [-0.25, -0.2) is 0 Å². The number of rotatable bonds is 3. The molecule has 2 N–H and O–H groups in total. The van der Waals surface area contributed by atoms with Crippen LogP contribution in [0.2, 0.25) is 0 Å². The Morgan fingerprint density at radius 2 is 2.22 bits per heavy atom. The first-order chi connectivity index (χ1) is 11.1. The summed E-state index contributed by atoms with van der Waals surface area (Å²) in [5.74, 6) is 1.48. The molecule has 3 atom stereocenters. The number of carbonyl (C=O) groups is 1. The van der Waals surface area contributed by atoms with E-state index in [1.165, 1.54) is 16.9 Å². The summed E-state index contributed by atoms with van der Waals surface area (Å²) in [4.78, 5) is 16.4. The number of hydrogen-bond acceptors (Lipinski definition) is 3. The van der Waals surface area contributed by atoms with Crippen LogP contribution in [0.15, 0.2) is 29.6 Å². The average Bonchev–Trinajstić information content (AvgIpc) is 3.01. The van der Waals surface area contributed by atoms with E-state index in [1.807, 2.05) is 17.0 Å². The second-order valence-corrected chi connectivity index (χ2v) is 7.82. The van der Waals surface area contributed by atoms with Crippen LogP contribution in [0.25, 0.3) is 10.4 Å². The number of piperidine rings is 1. The lowest BCUT2D eigenvalue weighted by Crippen LogP contribution is -2.43. The Morgan fingerprint density at radius 1 is 1.39 bits per heavy atom. The molecule has 120 valence electrons. The molecule has 1 aliphatic heterocycles. The zero-order chi connectivity index (χ0) is 16.1. The molecule has 1 aromatic heterocycles. The second-order valence-electron chi connectivity index (χ2n) is 6.91. The summed E-state index contributed by atoms with van der Waals surface area (Å²) in [6.07, 6.45) is 1.25. The van der Waals surface area contributed by atoms with Crippen molar-refractivity contribution < 1.29 is 4.79 Å². The van der Waals surface area contributed by atoms with Gasteiger partial charge in [-0.3, -0.25) is 4.79 Å². The van der Waals surface area contributed by atoms with Gasteiger partial charge in [-0.1, -0.05) is 12.1 Å². The van der Waals surface area contributed by atoms with E-state index in [2.05, 4.69) is 31.4 Å². The smallest absolute Gasteiger partial charge is 0.254 e. The molecule has 1 amide bonds. The molecule has 2 aliphatic rings. The van der Waals surface area contributed by atoms with Crippen LogP contribution in [0.5, 0.6) is 0 Å². The Bertz CT molecular complexity index is 766. The Morgan fingerprint density at radius 3 is 2.91 bits per heavy atom. The lowest BCUT2D eigenvalue weighted by Gasteiger charge is -2.27. The lowest BCUT2D eigenvalue weighted by molar-refractivity contribution is 0.0713. The number of carbonyl (C=O) groups excluding carboxylic acids is 1. The predicted molar refractivity (Wildman–Crippen MR) is 94.7 cm³/mol. The largest absolute Gasteiger partial charge is 0.334 e. The van der Waals surface area contributed by atoms with Gasteiger partial charge < -0.3 is 10.6 Å². The Labute approximate surface area is 141 Å². The minimum absolute atomic E-state index is 0.150. The highest BCUT2D eigenvalue weighted by atomic mass is 32.1. The molecule has 3 nitrogen and oxygen atoms in total. The van der Waals surface area contributed by atoms with Crippen LogP contribution < -0.4 is 5.73 Å². The van der Waals surface area contributed by atoms with Gasteiger partial charge >= 0.3 is 0 Å². The van der Waals surface area contributed by atoms with Crippen LogP contribution in [0.1, 0.15) is 27.9 Å². The average molecular weight is 326 g/mol. The number of benzene rings is 1. The van der Waals surface area contributed by atoms with E-state index in [-0.39, 0.29) is 11.9 Å². The minimum atomic E-state index is 0.150. The van der Waals surface area contributed by atoms with Crippen molar-refractivity contribution >= 4 is 17.2 Å². The van der Waals surface area contributed by atoms with E-state index < -0.39 is 0 Å². The minimum Gasteiger partial charge on any atom is -0.334 e. The first-order valence-electron chi connectivity index (χ1n) is 8.26. The maximum Gasteiger partial charge on any atom is 0.254 e. The van der Waals surface area contributed by atoms with Gasteiger partial charge in [0.2, 0.25) is 0 Å². The van der Waals surface area contributed by atoms with Gasteiger partial charge in [0.05, 0.1) is 0 Å². The number of fused-ring (bicyclic) bond motifs is 1.